The quantitative estimate of drug-likeness (QED) is 0.135. The SMILES string of the molecule is C.C.CC.CC.CC.CC.CC.CC.CC.CC.CC(C)C(C)C.CC(C)C1CC1.CC(C)c1ccccc1.CC(C)c1ccccn1.CC(C)c1cccnc1.CC(C)c1cccs1.CC(C)c1ccncc1.CC(C)c1ccsc1.CC(C)c1cnccn1.CC(C)c1cncnc1. The standard InChI is InChI=1S/C9H12.3C8H11N.2C7H10N2.2C7H10S.C6H12.C6H14.8C2H6.2CH4/c1-8(2)9-6-4-3-5-7-9;1-7(2)8-3-5-9-6-4-8;1-7(2)8-4-3-5-9-6-8;1-7(2)8-5-3-4-6-9-8;1-6(2)7-3-8-5-9-4-7;1-6(2)7-5-8-3-4-9-7;1-6(2)7-3-4-8-5-7;1-6(2)7-4-3-5-8-7;1-5(2)6-3-4-6;1-5(2)6(3)4;8*1-2;;/h3-8H,1-2H3;3*3-7H,1-2H3;2*3-6H,1-2H3;2*3-6H,1-2H3;5-6H,3-4H2,1-2H3;5-6H,1-4H3;8*1-2H3;2*1H4. The van der Waals surface area contributed by atoms with Crippen molar-refractivity contribution in [2.24, 2.45) is 23.7 Å². The smallest absolute Gasteiger partial charge is 0.115 e. The van der Waals surface area contributed by atoms with Gasteiger partial charge in [-0.2, -0.15) is 11.3 Å². The Bertz CT molecular complexity index is 2160. The van der Waals surface area contributed by atoms with E-state index in [1.54, 1.807) is 42.5 Å². The molecule has 7 aromatic heterocycles. The van der Waals surface area contributed by atoms with Gasteiger partial charge in [0.2, 0.25) is 0 Å². The van der Waals surface area contributed by atoms with Gasteiger partial charge in [0.05, 0.1) is 5.69 Å². The fourth-order valence-corrected chi connectivity index (χ4v) is 7.79. The monoisotopic (exact) mass is 1420 g/mol. The van der Waals surface area contributed by atoms with Gasteiger partial charge in [-0.25, -0.2) is 9.97 Å². The molecule has 1 fully saturated rings. The van der Waals surface area contributed by atoms with Crippen LogP contribution < -0.4 is 0 Å². The van der Waals surface area contributed by atoms with E-state index >= 15 is 0 Å². The third kappa shape index (κ3) is 78.0. The van der Waals surface area contributed by atoms with Crippen molar-refractivity contribution in [2.75, 3.05) is 0 Å². The van der Waals surface area contributed by atoms with Gasteiger partial charge in [-0.3, -0.25) is 24.9 Å². The Hall–Kier alpha value is -5.77. The van der Waals surface area contributed by atoms with E-state index in [1.165, 1.54) is 45.5 Å². The topological polar surface area (TPSA) is 90.2 Å². The van der Waals surface area contributed by atoms with Crippen molar-refractivity contribution in [2.45, 2.75) is 338 Å². The molecule has 0 spiro atoms. The second-order valence-electron chi connectivity index (χ2n) is 23.9. The van der Waals surface area contributed by atoms with Gasteiger partial charge in [-0.1, -0.05) is 326 Å². The van der Waals surface area contributed by atoms with E-state index < -0.39 is 0 Å². The van der Waals surface area contributed by atoms with Crippen molar-refractivity contribution in [1.29, 1.82) is 0 Å². The van der Waals surface area contributed by atoms with Gasteiger partial charge in [0.1, 0.15) is 6.33 Å². The van der Waals surface area contributed by atoms with E-state index in [0.29, 0.717) is 47.3 Å². The van der Waals surface area contributed by atoms with Crippen molar-refractivity contribution < 1.29 is 0 Å². The zero-order chi connectivity index (χ0) is 77.8. The largest absolute Gasteiger partial charge is 0.265 e. The number of hydrogen-bond donors (Lipinski definition) is 0. The van der Waals surface area contributed by atoms with E-state index in [9.17, 15) is 0 Å². The molecule has 0 bridgehead atoms. The van der Waals surface area contributed by atoms with E-state index in [4.69, 9.17) is 0 Å². The Labute approximate surface area is 634 Å². The second kappa shape index (κ2) is 89.3. The molecule has 1 aliphatic rings. The van der Waals surface area contributed by atoms with Crippen LogP contribution in [0.25, 0.3) is 0 Å². The van der Waals surface area contributed by atoms with Crippen molar-refractivity contribution in [3.63, 3.8) is 0 Å². The van der Waals surface area contributed by atoms with Crippen LogP contribution in [0, 0.1) is 23.7 Å². The van der Waals surface area contributed by atoms with Gasteiger partial charge < -0.3 is 0 Å². The maximum Gasteiger partial charge on any atom is 0.115 e. The van der Waals surface area contributed by atoms with E-state index in [1.807, 2.05) is 202 Å². The molecular weight excluding hydrogens is 1260 g/mol. The maximum absolute atomic E-state index is 4.18. The summed E-state index contributed by atoms with van der Waals surface area (Å²) in [5, 5.41) is 6.44. The molecule has 100 heavy (non-hydrogen) atoms. The third-order valence-electron chi connectivity index (χ3n) is 13.1. The van der Waals surface area contributed by atoms with Crippen LogP contribution in [0.3, 0.4) is 0 Å². The van der Waals surface area contributed by atoms with Gasteiger partial charge in [-0.15, -0.1) is 11.3 Å². The van der Waals surface area contributed by atoms with E-state index in [-0.39, 0.29) is 14.9 Å². The highest BCUT2D eigenvalue weighted by Gasteiger charge is 2.24. The van der Waals surface area contributed by atoms with Gasteiger partial charge >= 0.3 is 0 Å². The molecule has 0 aliphatic heterocycles. The molecule has 1 aliphatic carbocycles. The van der Waals surface area contributed by atoms with Crippen LogP contribution in [0.4, 0.5) is 0 Å². The lowest BCUT2D eigenvalue weighted by atomic mass is 10.0. The Morgan fingerprint density at radius 1 is 0.300 bits per heavy atom. The predicted octanol–water partition coefficient (Wildman–Crippen LogP) is 32.2. The van der Waals surface area contributed by atoms with E-state index in [2.05, 4.69) is 252 Å². The molecule has 1 saturated carbocycles. The van der Waals surface area contributed by atoms with Gasteiger partial charge in [0, 0.05) is 72.5 Å². The maximum atomic E-state index is 4.18. The van der Waals surface area contributed by atoms with Crippen LogP contribution in [-0.4, -0.2) is 34.9 Å². The Morgan fingerprint density at radius 2 is 0.710 bits per heavy atom. The summed E-state index contributed by atoms with van der Waals surface area (Å²) in [6.45, 7) is 80.2. The average molecular weight is 1420 g/mol. The Balaban J connectivity index is -0.0000000955. The highest BCUT2D eigenvalue weighted by atomic mass is 32.1. The van der Waals surface area contributed by atoms with Crippen molar-refractivity contribution in [3.05, 3.63) is 220 Å². The minimum Gasteiger partial charge on any atom is -0.265 e. The summed E-state index contributed by atoms with van der Waals surface area (Å²) < 4.78 is 0. The molecule has 7 heterocycles. The summed E-state index contributed by atoms with van der Waals surface area (Å²) in [5.74, 6) is 8.61. The molecule has 0 unspecified atom stereocenters. The average Bonchev–Trinajstić information content (AvgIpc) is 2.00. The summed E-state index contributed by atoms with van der Waals surface area (Å²) in [6, 6.07) is 31.1. The third-order valence-corrected chi connectivity index (χ3v) is 15.0. The summed E-state index contributed by atoms with van der Waals surface area (Å²) >= 11 is 3.60. The van der Waals surface area contributed by atoms with Gasteiger partial charge in [0.15, 0.2) is 0 Å². The molecule has 0 saturated heterocycles. The molecule has 1 aromatic carbocycles. The summed E-state index contributed by atoms with van der Waals surface area (Å²) in [5.41, 5.74) is 8.93. The van der Waals surface area contributed by atoms with Gasteiger partial charge in [0.25, 0.3) is 0 Å². The molecule has 0 N–H and O–H groups in total. The lowest BCUT2D eigenvalue weighted by Gasteiger charge is -2.05. The molecule has 9 heteroatoms. The van der Waals surface area contributed by atoms with Crippen LogP contribution in [0.15, 0.2) is 175 Å². The summed E-state index contributed by atoms with van der Waals surface area (Å²) in [6.07, 6.45) is 22.6. The lowest BCUT2D eigenvalue weighted by Crippen LogP contribution is -1.95. The molecule has 8 aromatic rings. The highest BCUT2D eigenvalue weighted by molar-refractivity contribution is 7.10. The minimum atomic E-state index is 0. The molecule has 0 atom stereocenters. The fraction of sp³-hybridized carbons (Fsp3) is 0.593. The first-order chi connectivity index (χ1) is 46.9. The number of benzene rings is 1. The molecule has 0 radical (unpaired) electrons. The molecular formula is C91H167N7S2. The van der Waals surface area contributed by atoms with E-state index in [0.717, 1.165) is 35.1 Å². The first-order valence-electron chi connectivity index (χ1n) is 38.2. The van der Waals surface area contributed by atoms with Crippen LogP contribution in [0.2, 0.25) is 0 Å². The molecule has 9 rings (SSSR count). The van der Waals surface area contributed by atoms with Crippen molar-refractivity contribution in [1.82, 2.24) is 34.9 Å². The number of hydrogen-bond acceptors (Lipinski definition) is 9. The summed E-state index contributed by atoms with van der Waals surface area (Å²) in [7, 11) is 0. The highest BCUT2D eigenvalue weighted by Crippen LogP contribution is 2.35. The number of rotatable bonds is 10. The number of thiophene rings is 2. The Kier molecular flexibility index (Phi) is 106. The number of pyridine rings is 3. The molecule has 7 nitrogen and oxygen atoms in total. The first-order valence-corrected chi connectivity index (χ1v) is 40.0. The predicted molar refractivity (Wildman–Crippen MR) is 466 cm³/mol. The lowest BCUT2D eigenvalue weighted by molar-refractivity contribution is 0.457. The number of nitrogens with zero attached hydrogens (tertiary/aromatic N) is 7. The molecule has 578 valence electrons. The zero-order valence-electron chi connectivity index (χ0n) is 71.0. The zero-order valence-corrected chi connectivity index (χ0v) is 72.7. The fourth-order valence-electron chi connectivity index (χ4n) is 6.22. The number of aromatic nitrogens is 7. The first kappa shape index (κ1) is 118. The van der Waals surface area contributed by atoms with Crippen LogP contribution in [0.5, 0.6) is 0 Å². The van der Waals surface area contributed by atoms with Crippen LogP contribution in [0.1, 0.15) is 382 Å². The van der Waals surface area contributed by atoms with Crippen LogP contribution >= 0.6 is 22.7 Å². The second-order valence-corrected chi connectivity index (χ2v) is 25.7. The molecule has 0 amide bonds. The van der Waals surface area contributed by atoms with Crippen LogP contribution in [-0.2, 0) is 0 Å². The minimum absolute atomic E-state index is 0. The Morgan fingerprint density at radius 3 is 0.930 bits per heavy atom. The van der Waals surface area contributed by atoms with Gasteiger partial charge in [-0.05, 0) is 170 Å². The normalized spacial score (nSPS) is 9.61. The van der Waals surface area contributed by atoms with Crippen molar-refractivity contribution in [3.8, 4) is 0 Å². The van der Waals surface area contributed by atoms with Crippen molar-refractivity contribution >= 4 is 22.7 Å². The summed E-state index contributed by atoms with van der Waals surface area (Å²) in [4.78, 5) is 29.4.